The van der Waals surface area contributed by atoms with E-state index in [1.807, 2.05) is 13.0 Å². The molecule has 0 unspecified atom stereocenters. The summed E-state index contributed by atoms with van der Waals surface area (Å²) in [5.41, 5.74) is 1.11. The number of unbranched alkanes of at least 4 members (excludes halogenated alkanes) is 1. The Balaban J connectivity index is 1.75. The lowest BCUT2D eigenvalue weighted by atomic mass is 10.2. The average molecular weight is 553 g/mol. The van der Waals surface area contributed by atoms with Crippen molar-refractivity contribution in [3.05, 3.63) is 108 Å². The molecule has 8 nitrogen and oxygen atoms in total. The van der Waals surface area contributed by atoms with Crippen LogP contribution in [0.15, 0.2) is 75.0 Å². The summed E-state index contributed by atoms with van der Waals surface area (Å²) in [6, 6.07) is 15.2. The second-order valence-electron chi connectivity index (χ2n) is 8.05. The number of benzene rings is 3. The number of fused-ring (bicyclic) bond motifs is 1. The van der Waals surface area contributed by atoms with Crippen LogP contribution in [0, 0.1) is 15.9 Å². The van der Waals surface area contributed by atoms with Gasteiger partial charge in [-0.2, -0.15) is 9.78 Å². The molecule has 0 aliphatic rings. The number of aryl methyl sites for hydroxylation is 1. The molecule has 0 N–H and O–H groups in total. The van der Waals surface area contributed by atoms with E-state index in [-0.39, 0.29) is 23.7 Å². The molecule has 10 heteroatoms. The Hall–Kier alpha value is -3.92. The highest BCUT2D eigenvalue weighted by atomic mass is 79.9. The van der Waals surface area contributed by atoms with Crippen molar-refractivity contribution in [2.24, 2.45) is 5.10 Å². The summed E-state index contributed by atoms with van der Waals surface area (Å²) in [6.07, 6.45) is 3.62. The van der Waals surface area contributed by atoms with Crippen LogP contribution in [0.5, 0.6) is 5.75 Å². The maximum absolute atomic E-state index is 13.3. The van der Waals surface area contributed by atoms with Crippen molar-refractivity contribution in [3.8, 4) is 5.75 Å². The molecule has 1 heterocycles. The van der Waals surface area contributed by atoms with Crippen molar-refractivity contribution >= 4 is 38.7 Å². The summed E-state index contributed by atoms with van der Waals surface area (Å²) in [6.45, 7) is 2.16. The van der Waals surface area contributed by atoms with Crippen LogP contribution < -0.4 is 10.3 Å². The molecule has 0 amide bonds. The Morgan fingerprint density at radius 2 is 1.94 bits per heavy atom. The largest absolute Gasteiger partial charge is 0.488 e. The molecule has 0 aliphatic carbocycles. The third kappa shape index (κ3) is 5.83. The fourth-order valence-electron chi connectivity index (χ4n) is 3.55. The monoisotopic (exact) mass is 552 g/mol. The molecule has 0 saturated heterocycles. The van der Waals surface area contributed by atoms with E-state index in [0.29, 0.717) is 34.5 Å². The van der Waals surface area contributed by atoms with E-state index < -0.39 is 4.92 Å². The van der Waals surface area contributed by atoms with E-state index >= 15 is 0 Å². The fourth-order valence-corrected chi connectivity index (χ4v) is 3.92. The number of rotatable bonds is 9. The third-order valence-corrected chi connectivity index (χ3v) is 5.95. The summed E-state index contributed by atoms with van der Waals surface area (Å²) in [5.74, 6) is 0.461. The first-order valence-electron chi connectivity index (χ1n) is 11.3. The second-order valence-corrected chi connectivity index (χ2v) is 8.96. The van der Waals surface area contributed by atoms with E-state index in [9.17, 15) is 19.3 Å². The SMILES string of the molecule is CCCCc1nc2ccc(Br)cc2c(=O)n1N=Cc1cc([N+](=O)[O-])ccc1OCc1ccc(F)cc1. The molecule has 3 aromatic carbocycles. The molecule has 0 fully saturated rings. The van der Waals surface area contributed by atoms with Gasteiger partial charge in [-0.05, 0) is 48.4 Å². The highest BCUT2D eigenvalue weighted by molar-refractivity contribution is 9.10. The molecule has 0 bridgehead atoms. The Bertz CT molecular complexity index is 1500. The number of non-ortho nitro benzene ring substituents is 1. The predicted octanol–water partition coefficient (Wildman–Crippen LogP) is 6.01. The fraction of sp³-hybridized carbons (Fsp3) is 0.192. The van der Waals surface area contributed by atoms with Crippen LogP contribution in [0.25, 0.3) is 10.9 Å². The van der Waals surface area contributed by atoms with Gasteiger partial charge in [-0.25, -0.2) is 9.37 Å². The molecule has 0 radical (unpaired) electrons. The first-order valence-corrected chi connectivity index (χ1v) is 12.1. The van der Waals surface area contributed by atoms with Crippen molar-refractivity contribution in [2.75, 3.05) is 0 Å². The van der Waals surface area contributed by atoms with Gasteiger partial charge in [-0.3, -0.25) is 14.9 Å². The number of hydrogen-bond acceptors (Lipinski definition) is 6. The highest BCUT2D eigenvalue weighted by Crippen LogP contribution is 2.24. The third-order valence-electron chi connectivity index (χ3n) is 5.45. The molecule has 0 aliphatic heterocycles. The van der Waals surface area contributed by atoms with E-state index in [0.717, 1.165) is 22.9 Å². The van der Waals surface area contributed by atoms with Gasteiger partial charge in [0.15, 0.2) is 0 Å². The van der Waals surface area contributed by atoms with Crippen LogP contribution >= 0.6 is 15.9 Å². The molecule has 0 atom stereocenters. The van der Waals surface area contributed by atoms with Crippen molar-refractivity contribution in [3.63, 3.8) is 0 Å². The van der Waals surface area contributed by atoms with Gasteiger partial charge in [0.2, 0.25) is 0 Å². The first-order chi connectivity index (χ1) is 17.4. The number of nitro benzene ring substituents is 1. The highest BCUT2D eigenvalue weighted by Gasteiger charge is 2.14. The summed E-state index contributed by atoms with van der Waals surface area (Å²) < 4.78 is 21.0. The summed E-state index contributed by atoms with van der Waals surface area (Å²) in [4.78, 5) is 28.8. The number of nitro groups is 1. The van der Waals surface area contributed by atoms with Crippen LogP contribution in [0.1, 0.15) is 36.7 Å². The van der Waals surface area contributed by atoms with Gasteiger partial charge in [0.05, 0.1) is 22.0 Å². The molecule has 4 rings (SSSR count). The topological polar surface area (TPSA) is 99.6 Å². The predicted molar refractivity (Wildman–Crippen MR) is 139 cm³/mol. The van der Waals surface area contributed by atoms with E-state index in [4.69, 9.17) is 4.74 Å². The molecular weight excluding hydrogens is 531 g/mol. The second kappa shape index (κ2) is 11.2. The van der Waals surface area contributed by atoms with Crippen molar-refractivity contribution in [1.29, 1.82) is 0 Å². The number of aromatic nitrogens is 2. The minimum absolute atomic E-state index is 0.117. The first kappa shape index (κ1) is 25.2. The minimum atomic E-state index is -0.519. The van der Waals surface area contributed by atoms with Gasteiger partial charge >= 0.3 is 0 Å². The van der Waals surface area contributed by atoms with Crippen LogP contribution in [0.4, 0.5) is 10.1 Å². The van der Waals surface area contributed by atoms with Gasteiger partial charge in [0.25, 0.3) is 11.2 Å². The Labute approximate surface area is 214 Å². The lowest BCUT2D eigenvalue weighted by Gasteiger charge is -2.11. The smallest absolute Gasteiger partial charge is 0.282 e. The maximum Gasteiger partial charge on any atom is 0.282 e. The molecule has 184 valence electrons. The van der Waals surface area contributed by atoms with Gasteiger partial charge in [-0.1, -0.05) is 41.4 Å². The molecule has 4 aromatic rings. The molecule has 36 heavy (non-hydrogen) atoms. The molecule has 0 spiro atoms. The van der Waals surface area contributed by atoms with Crippen LogP contribution in [0.3, 0.4) is 0 Å². The Morgan fingerprint density at radius 1 is 1.17 bits per heavy atom. The molecular formula is C26H22BrFN4O4. The zero-order chi connectivity index (χ0) is 25.7. The van der Waals surface area contributed by atoms with E-state index in [2.05, 4.69) is 26.0 Å². The quantitative estimate of drug-likeness (QED) is 0.144. The number of hydrogen-bond donors (Lipinski definition) is 0. The van der Waals surface area contributed by atoms with Crippen molar-refractivity contribution in [1.82, 2.24) is 9.66 Å². The van der Waals surface area contributed by atoms with Crippen LogP contribution in [0.2, 0.25) is 0 Å². The maximum atomic E-state index is 13.3. The summed E-state index contributed by atoms with van der Waals surface area (Å²) >= 11 is 3.38. The lowest BCUT2D eigenvalue weighted by Crippen LogP contribution is -2.22. The lowest BCUT2D eigenvalue weighted by molar-refractivity contribution is -0.384. The summed E-state index contributed by atoms with van der Waals surface area (Å²) in [7, 11) is 0. The van der Waals surface area contributed by atoms with Gasteiger partial charge in [0, 0.05) is 28.6 Å². The molecule has 1 aromatic heterocycles. The minimum Gasteiger partial charge on any atom is -0.488 e. The van der Waals surface area contributed by atoms with E-state index in [1.165, 1.54) is 41.2 Å². The van der Waals surface area contributed by atoms with Gasteiger partial charge < -0.3 is 4.74 Å². The number of ether oxygens (including phenoxy) is 1. The standard InChI is InChI=1S/C26H22BrFN4O4/c1-2-3-4-25-30-23-11-7-19(27)14-22(23)26(33)31(25)29-15-18-13-21(32(34)35)10-12-24(18)36-16-17-5-8-20(28)9-6-17/h5-15H,2-4,16H2,1H3. The van der Waals surface area contributed by atoms with Crippen LogP contribution in [-0.4, -0.2) is 20.8 Å². The van der Waals surface area contributed by atoms with Crippen LogP contribution in [-0.2, 0) is 13.0 Å². The zero-order valence-electron chi connectivity index (χ0n) is 19.4. The average Bonchev–Trinajstić information content (AvgIpc) is 2.87. The van der Waals surface area contributed by atoms with E-state index in [1.54, 1.807) is 24.3 Å². The normalized spacial score (nSPS) is 11.3. The van der Waals surface area contributed by atoms with Crippen molar-refractivity contribution in [2.45, 2.75) is 32.8 Å². The zero-order valence-corrected chi connectivity index (χ0v) is 20.9. The molecule has 0 saturated carbocycles. The summed E-state index contributed by atoms with van der Waals surface area (Å²) in [5, 5.41) is 16.2. The Morgan fingerprint density at radius 3 is 2.67 bits per heavy atom. The number of nitrogens with zero attached hydrogens (tertiary/aromatic N) is 4. The van der Waals surface area contributed by atoms with Crippen molar-refractivity contribution < 1.29 is 14.1 Å². The number of halogens is 2. The Kier molecular flexibility index (Phi) is 7.84. The van der Waals surface area contributed by atoms with Gasteiger partial charge in [-0.15, -0.1) is 0 Å². The van der Waals surface area contributed by atoms with Gasteiger partial charge in [0.1, 0.15) is 24.0 Å².